The second-order valence-corrected chi connectivity index (χ2v) is 3.98. The van der Waals surface area contributed by atoms with Crippen LogP contribution in [0.4, 0.5) is 0 Å². The molecule has 1 unspecified atom stereocenters. The van der Waals surface area contributed by atoms with E-state index < -0.39 is 0 Å². The summed E-state index contributed by atoms with van der Waals surface area (Å²) in [5, 5.41) is 5.53. The molecule has 0 aromatic carbocycles. The standard InChI is InChI=1S/C10H18N2S/c1-3-9(6-11-4-2)5-10-7-13-8-12-10/h7-9,11H,3-6H2,1-2H3. The maximum atomic E-state index is 4.30. The average Bonchev–Trinajstić information content (AvgIpc) is 2.64. The lowest BCUT2D eigenvalue weighted by Crippen LogP contribution is -2.23. The maximum absolute atomic E-state index is 4.30. The molecular formula is C10H18N2S. The summed E-state index contributed by atoms with van der Waals surface area (Å²) in [6.07, 6.45) is 2.34. The Bertz CT molecular complexity index is 209. The highest BCUT2D eigenvalue weighted by Crippen LogP contribution is 2.11. The molecule has 0 radical (unpaired) electrons. The van der Waals surface area contributed by atoms with Crippen LogP contribution in [0.1, 0.15) is 26.0 Å². The van der Waals surface area contributed by atoms with E-state index >= 15 is 0 Å². The number of aromatic nitrogens is 1. The summed E-state index contributed by atoms with van der Waals surface area (Å²) in [4.78, 5) is 4.30. The third-order valence-electron chi connectivity index (χ3n) is 2.24. The number of rotatable bonds is 6. The molecule has 1 aromatic rings. The zero-order valence-electron chi connectivity index (χ0n) is 8.42. The van der Waals surface area contributed by atoms with Crippen LogP contribution in [0.3, 0.4) is 0 Å². The predicted molar refractivity (Wildman–Crippen MR) is 58.1 cm³/mol. The number of hydrogen-bond donors (Lipinski definition) is 1. The number of nitrogens with zero attached hydrogens (tertiary/aromatic N) is 1. The van der Waals surface area contributed by atoms with Crippen molar-refractivity contribution in [3.05, 3.63) is 16.6 Å². The summed E-state index contributed by atoms with van der Waals surface area (Å²) in [7, 11) is 0. The van der Waals surface area contributed by atoms with Gasteiger partial charge in [-0.3, -0.25) is 0 Å². The van der Waals surface area contributed by atoms with Gasteiger partial charge in [0.15, 0.2) is 0 Å². The first-order valence-corrected chi connectivity index (χ1v) is 5.88. The Balaban J connectivity index is 2.31. The number of thiazole rings is 1. The van der Waals surface area contributed by atoms with Crippen LogP contribution < -0.4 is 5.32 Å². The minimum Gasteiger partial charge on any atom is -0.317 e. The van der Waals surface area contributed by atoms with Gasteiger partial charge in [0.2, 0.25) is 0 Å². The fourth-order valence-electron chi connectivity index (χ4n) is 1.34. The van der Waals surface area contributed by atoms with E-state index in [1.54, 1.807) is 11.3 Å². The lowest BCUT2D eigenvalue weighted by atomic mass is 10.0. The third-order valence-corrected chi connectivity index (χ3v) is 2.88. The van der Waals surface area contributed by atoms with E-state index in [1.807, 2.05) is 5.51 Å². The molecule has 0 saturated carbocycles. The second kappa shape index (κ2) is 6.11. The van der Waals surface area contributed by atoms with Crippen LogP contribution in [0.25, 0.3) is 0 Å². The van der Waals surface area contributed by atoms with Crippen molar-refractivity contribution in [3.8, 4) is 0 Å². The highest BCUT2D eigenvalue weighted by molar-refractivity contribution is 7.07. The van der Waals surface area contributed by atoms with Gasteiger partial charge in [0.05, 0.1) is 11.2 Å². The molecule has 0 spiro atoms. The van der Waals surface area contributed by atoms with E-state index in [9.17, 15) is 0 Å². The zero-order chi connectivity index (χ0) is 9.52. The van der Waals surface area contributed by atoms with E-state index in [-0.39, 0.29) is 0 Å². The summed E-state index contributed by atoms with van der Waals surface area (Å²) in [5.41, 5.74) is 3.16. The smallest absolute Gasteiger partial charge is 0.0794 e. The highest BCUT2D eigenvalue weighted by Gasteiger charge is 2.07. The summed E-state index contributed by atoms with van der Waals surface area (Å²) in [6, 6.07) is 0. The van der Waals surface area contributed by atoms with Gasteiger partial charge in [-0.25, -0.2) is 4.98 Å². The Hall–Kier alpha value is -0.410. The van der Waals surface area contributed by atoms with Gasteiger partial charge < -0.3 is 5.32 Å². The van der Waals surface area contributed by atoms with Gasteiger partial charge in [-0.1, -0.05) is 20.3 Å². The minimum atomic E-state index is 0.738. The Labute approximate surface area is 84.4 Å². The van der Waals surface area contributed by atoms with Gasteiger partial charge in [0, 0.05) is 5.38 Å². The second-order valence-electron chi connectivity index (χ2n) is 3.27. The maximum Gasteiger partial charge on any atom is 0.0794 e. The lowest BCUT2D eigenvalue weighted by Gasteiger charge is -2.13. The van der Waals surface area contributed by atoms with Crippen LogP contribution in [0.2, 0.25) is 0 Å². The molecular weight excluding hydrogens is 180 g/mol. The molecule has 1 heterocycles. The molecule has 0 amide bonds. The van der Waals surface area contributed by atoms with Crippen molar-refractivity contribution >= 4 is 11.3 Å². The topological polar surface area (TPSA) is 24.9 Å². The van der Waals surface area contributed by atoms with E-state index in [4.69, 9.17) is 0 Å². The number of hydrogen-bond acceptors (Lipinski definition) is 3. The summed E-state index contributed by atoms with van der Waals surface area (Å²) < 4.78 is 0. The molecule has 74 valence electrons. The van der Waals surface area contributed by atoms with Crippen molar-refractivity contribution in [3.63, 3.8) is 0 Å². The Morgan fingerprint density at radius 1 is 1.54 bits per heavy atom. The molecule has 1 atom stereocenters. The molecule has 0 bridgehead atoms. The molecule has 3 heteroatoms. The number of nitrogens with one attached hydrogen (secondary N) is 1. The van der Waals surface area contributed by atoms with E-state index in [2.05, 4.69) is 29.5 Å². The summed E-state index contributed by atoms with van der Waals surface area (Å²) >= 11 is 1.68. The van der Waals surface area contributed by atoms with Crippen LogP contribution >= 0.6 is 11.3 Å². The van der Waals surface area contributed by atoms with Crippen LogP contribution in [-0.4, -0.2) is 18.1 Å². The molecule has 2 nitrogen and oxygen atoms in total. The molecule has 0 aliphatic rings. The summed E-state index contributed by atoms with van der Waals surface area (Å²) in [5.74, 6) is 0.738. The highest BCUT2D eigenvalue weighted by atomic mass is 32.1. The zero-order valence-corrected chi connectivity index (χ0v) is 9.23. The van der Waals surface area contributed by atoms with Gasteiger partial charge in [-0.05, 0) is 25.4 Å². The first-order chi connectivity index (χ1) is 6.36. The van der Waals surface area contributed by atoms with Gasteiger partial charge in [0.25, 0.3) is 0 Å². The Kier molecular flexibility index (Phi) is 5.01. The van der Waals surface area contributed by atoms with E-state index in [0.717, 1.165) is 25.4 Å². The monoisotopic (exact) mass is 198 g/mol. The van der Waals surface area contributed by atoms with Crippen LogP contribution in [0, 0.1) is 5.92 Å². The average molecular weight is 198 g/mol. The predicted octanol–water partition coefficient (Wildman–Crippen LogP) is 2.32. The van der Waals surface area contributed by atoms with Gasteiger partial charge in [0.1, 0.15) is 0 Å². The first-order valence-electron chi connectivity index (χ1n) is 4.94. The Morgan fingerprint density at radius 3 is 2.92 bits per heavy atom. The normalized spacial score (nSPS) is 13.1. The van der Waals surface area contributed by atoms with Crippen molar-refractivity contribution in [2.24, 2.45) is 5.92 Å². The fraction of sp³-hybridized carbons (Fsp3) is 0.700. The van der Waals surface area contributed by atoms with E-state index in [0.29, 0.717) is 0 Å². The minimum absolute atomic E-state index is 0.738. The molecule has 1 aromatic heterocycles. The molecule has 1 rings (SSSR count). The molecule has 0 saturated heterocycles. The molecule has 1 N–H and O–H groups in total. The van der Waals surface area contributed by atoms with Crippen LogP contribution in [0.15, 0.2) is 10.9 Å². The van der Waals surface area contributed by atoms with Crippen LogP contribution in [0.5, 0.6) is 0 Å². The van der Waals surface area contributed by atoms with Gasteiger partial charge >= 0.3 is 0 Å². The largest absolute Gasteiger partial charge is 0.317 e. The summed E-state index contributed by atoms with van der Waals surface area (Å²) in [6.45, 7) is 6.57. The van der Waals surface area contributed by atoms with Crippen molar-refractivity contribution < 1.29 is 0 Å². The lowest BCUT2D eigenvalue weighted by molar-refractivity contribution is 0.464. The third kappa shape index (κ3) is 3.87. The van der Waals surface area contributed by atoms with Crippen molar-refractivity contribution in [2.45, 2.75) is 26.7 Å². The molecule has 0 aliphatic heterocycles. The first kappa shape index (κ1) is 10.7. The van der Waals surface area contributed by atoms with Crippen LogP contribution in [-0.2, 0) is 6.42 Å². The Morgan fingerprint density at radius 2 is 2.38 bits per heavy atom. The van der Waals surface area contributed by atoms with Gasteiger partial charge in [-0.15, -0.1) is 11.3 Å². The molecule has 0 aliphatic carbocycles. The van der Waals surface area contributed by atoms with Crippen molar-refractivity contribution in [1.29, 1.82) is 0 Å². The van der Waals surface area contributed by atoms with E-state index in [1.165, 1.54) is 12.1 Å². The SMILES string of the molecule is CCNCC(CC)Cc1cscn1. The molecule has 0 fully saturated rings. The van der Waals surface area contributed by atoms with Gasteiger partial charge in [-0.2, -0.15) is 0 Å². The molecule has 13 heavy (non-hydrogen) atoms. The quantitative estimate of drug-likeness (QED) is 0.759. The van der Waals surface area contributed by atoms with Crippen molar-refractivity contribution in [1.82, 2.24) is 10.3 Å². The van der Waals surface area contributed by atoms with Crippen molar-refractivity contribution in [2.75, 3.05) is 13.1 Å². The fourth-order valence-corrected chi connectivity index (χ4v) is 1.91.